The lowest BCUT2D eigenvalue weighted by Gasteiger charge is -2.28. The van der Waals surface area contributed by atoms with Gasteiger partial charge in [0.25, 0.3) is 0 Å². The summed E-state index contributed by atoms with van der Waals surface area (Å²) in [5.74, 6) is 1.82. The molecule has 1 aliphatic rings. The molecule has 2 aromatic rings. The molecule has 1 saturated heterocycles. The SMILES string of the molecule is Cc1nc(OCCNS(=O)(=O)/C=C/c2ccccc2)cc(N2CCOCC2)n1. The van der Waals surface area contributed by atoms with E-state index in [4.69, 9.17) is 9.47 Å². The minimum absolute atomic E-state index is 0.136. The highest BCUT2D eigenvalue weighted by atomic mass is 32.2. The van der Waals surface area contributed by atoms with Crippen LogP contribution >= 0.6 is 0 Å². The van der Waals surface area contributed by atoms with E-state index in [9.17, 15) is 8.42 Å². The lowest BCUT2D eigenvalue weighted by molar-refractivity contribution is 0.122. The van der Waals surface area contributed by atoms with Crippen LogP contribution < -0.4 is 14.4 Å². The predicted molar refractivity (Wildman–Crippen MR) is 108 cm³/mol. The topological polar surface area (TPSA) is 93.6 Å². The zero-order chi connectivity index (χ0) is 19.8. The van der Waals surface area contributed by atoms with Gasteiger partial charge in [-0.05, 0) is 18.6 Å². The number of anilines is 1. The number of sulfonamides is 1. The Labute approximate surface area is 165 Å². The van der Waals surface area contributed by atoms with Gasteiger partial charge < -0.3 is 14.4 Å². The third-order valence-electron chi connectivity index (χ3n) is 4.03. The maximum Gasteiger partial charge on any atom is 0.233 e. The minimum Gasteiger partial charge on any atom is -0.476 e. The second-order valence-corrected chi connectivity index (χ2v) is 7.86. The first-order valence-corrected chi connectivity index (χ1v) is 10.6. The van der Waals surface area contributed by atoms with Crippen molar-refractivity contribution < 1.29 is 17.9 Å². The summed E-state index contributed by atoms with van der Waals surface area (Å²) in [4.78, 5) is 10.8. The quantitative estimate of drug-likeness (QED) is 0.668. The number of hydrogen-bond donors (Lipinski definition) is 1. The molecule has 28 heavy (non-hydrogen) atoms. The van der Waals surface area contributed by atoms with Crippen molar-refractivity contribution in [2.45, 2.75) is 6.92 Å². The highest BCUT2D eigenvalue weighted by molar-refractivity contribution is 7.92. The molecule has 0 spiro atoms. The Morgan fingerprint density at radius 2 is 1.96 bits per heavy atom. The summed E-state index contributed by atoms with van der Waals surface area (Å²) in [7, 11) is -3.53. The van der Waals surface area contributed by atoms with Crippen molar-refractivity contribution in [1.29, 1.82) is 0 Å². The van der Waals surface area contributed by atoms with E-state index in [1.54, 1.807) is 19.1 Å². The van der Waals surface area contributed by atoms with Crippen LogP contribution in [0.5, 0.6) is 5.88 Å². The van der Waals surface area contributed by atoms with E-state index >= 15 is 0 Å². The molecule has 0 bridgehead atoms. The fraction of sp³-hybridized carbons (Fsp3) is 0.368. The van der Waals surface area contributed by atoms with Crippen molar-refractivity contribution >= 4 is 21.9 Å². The molecular weight excluding hydrogens is 380 g/mol. The average Bonchev–Trinajstić information content (AvgIpc) is 2.71. The van der Waals surface area contributed by atoms with E-state index < -0.39 is 10.0 Å². The second-order valence-electron chi connectivity index (χ2n) is 6.21. The Morgan fingerprint density at radius 1 is 1.21 bits per heavy atom. The zero-order valence-corrected chi connectivity index (χ0v) is 16.6. The Hall–Kier alpha value is -2.49. The molecule has 0 amide bonds. The van der Waals surface area contributed by atoms with Crippen LogP contribution in [0.3, 0.4) is 0 Å². The molecule has 1 aromatic carbocycles. The van der Waals surface area contributed by atoms with Crippen LogP contribution in [0, 0.1) is 6.92 Å². The Bertz CT molecular complexity index is 897. The number of ether oxygens (including phenoxy) is 2. The van der Waals surface area contributed by atoms with E-state index in [1.165, 1.54) is 0 Å². The first-order valence-electron chi connectivity index (χ1n) is 9.06. The maximum atomic E-state index is 12.0. The van der Waals surface area contributed by atoms with E-state index in [0.29, 0.717) is 24.9 Å². The van der Waals surface area contributed by atoms with E-state index in [0.717, 1.165) is 29.9 Å². The molecule has 0 aliphatic carbocycles. The average molecular weight is 404 g/mol. The molecule has 9 heteroatoms. The Balaban J connectivity index is 1.50. The minimum atomic E-state index is -3.53. The first-order chi connectivity index (χ1) is 13.5. The van der Waals surface area contributed by atoms with Gasteiger partial charge >= 0.3 is 0 Å². The van der Waals surface area contributed by atoms with Crippen LogP contribution in [0.2, 0.25) is 0 Å². The fourth-order valence-electron chi connectivity index (χ4n) is 2.67. The van der Waals surface area contributed by atoms with Crippen molar-refractivity contribution in [3.05, 3.63) is 53.2 Å². The molecule has 0 unspecified atom stereocenters. The van der Waals surface area contributed by atoms with Crippen LogP contribution in [0.25, 0.3) is 6.08 Å². The summed E-state index contributed by atoms with van der Waals surface area (Å²) >= 11 is 0. The van der Waals surface area contributed by atoms with Gasteiger partial charge in [-0.15, -0.1) is 0 Å². The van der Waals surface area contributed by atoms with Crippen LogP contribution in [0.15, 0.2) is 41.8 Å². The van der Waals surface area contributed by atoms with Gasteiger partial charge in [-0.1, -0.05) is 30.3 Å². The van der Waals surface area contributed by atoms with Gasteiger partial charge in [-0.2, -0.15) is 4.98 Å². The van der Waals surface area contributed by atoms with Crippen LogP contribution in [-0.4, -0.2) is 57.8 Å². The number of morpholine rings is 1. The molecule has 1 aromatic heterocycles. The number of hydrogen-bond acceptors (Lipinski definition) is 7. The van der Waals surface area contributed by atoms with Gasteiger partial charge in [0.05, 0.1) is 13.2 Å². The zero-order valence-electron chi connectivity index (χ0n) is 15.7. The van der Waals surface area contributed by atoms with Gasteiger partial charge in [-0.3, -0.25) is 0 Å². The molecule has 2 heterocycles. The van der Waals surface area contributed by atoms with Crippen LogP contribution in [-0.2, 0) is 14.8 Å². The number of aromatic nitrogens is 2. The molecule has 1 aliphatic heterocycles. The lowest BCUT2D eigenvalue weighted by atomic mass is 10.2. The third kappa shape index (κ3) is 6.29. The molecule has 1 fully saturated rings. The van der Waals surface area contributed by atoms with Gasteiger partial charge in [0.2, 0.25) is 15.9 Å². The molecule has 8 nitrogen and oxygen atoms in total. The molecule has 0 saturated carbocycles. The van der Waals surface area contributed by atoms with E-state index in [1.807, 2.05) is 30.3 Å². The van der Waals surface area contributed by atoms with Crippen molar-refractivity contribution in [2.75, 3.05) is 44.4 Å². The van der Waals surface area contributed by atoms with Crippen molar-refractivity contribution in [2.24, 2.45) is 0 Å². The van der Waals surface area contributed by atoms with Crippen molar-refractivity contribution in [3.63, 3.8) is 0 Å². The standard InChI is InChI=1S/C19H24N4O4S/c1-16-21-18(23-9-12-26-13-10-23)15-19(22-16)27-11-8-20-28(24,25)14-7-17-5-3-2-4-6-17/h2-7,14-15,20H,8-13H2,1H3/b14-7+. The van der Waals surface area contributed by atoms with Gasteiger partial charge in [0.1, 0.15) is 18.2 Å². The Kier molecular flexibility index (Phi) is 6.96. The monoisotopic (exact) mass is 404 g/mol. The molecule has 0 atom stereocenters. The molecule has 1 N–H and O–H groups in total. The molecule has 0 radical (unpaired) electrons. The van der Waals surface area contributed by atoms with Crippen molar-refractivity contribution in [1.82, 2.24) is 14.7 Å². The number of nitrogens with zero attached hydrogens (tertiary/aromatic N) is 3. The lowest BCUT2D eigenvalue weighted by Crippen LogP contribution is -2.37. The molecule has 3 rings (SSSR count). The largest absolute Gasteiger partial charge is 0.476 e. The van der Waals surface area contributed by atoms with Crippen LogP contribution in [0.4, 0.5) is 5.82 Å². The summed E-state index contributed by atoms with van der Waals surface area (Å²) in [6.45, 7) is 4.96. The van der Waals surface area contributed by atoms with E-state index in [2.05, 4.69) is 19.6 Å². The normalized spacial score (nSPS) is 15.1. The number of rotatable bonds is 8. The Morgan fingerprint density at radius 3 is 2.71 bits per heavy atom. The first kappa shape index (κ1) is 20.2. The van der Waals surface area contributed by atoms with Gasteiger partial charge in [-0.25, -0.2) is 18.1 Å². The summed E-state index contributed by atoms with van der Waals surface area (Å²) < 4.78 is 37.5. The number of aryl methyl sites for hydroxylation is 1. The smallest absolute Gasteiger partial charge is 0.233 e. The summed E-state index contributed by atoms with van der Waals surface area (Å²) in [5.41, 5.74) is 0.816. The summed E-state index contributed by atoms with van der Waals surface area (Å²) in [6.07, 6.45) is 1.55. The van der Waals surface area contributed by atoms with Gasteiger partial charge in [0, 0.05) is 31.1 Å². The fourth-order valence-corrected chi connectivity index (χ4v) is 3.47. The van der Waals surface area contributed by atoms with Gasteiger partial charge in [0.15, 0.2) is 0 Å². The highest BCUT2D eigenvalue weighted by Crippen LogP contribution is 2.18. The second kappa shape index (κ2) is 9.63. The molecule has 150 valence electrons. The summed E-state index contributed by atoms with van der Waals surface area (Å²) in [5, 5.41) is 1.15. The predicted octanol–water partition coefficient (Wildman–Crippen LogP) is 1.59. The molecular formula is C19H24N4O4S. The van der Waals surface area contributed by atoms with Crippen molar-refractivity contribution in [3.8, 4) is 5.88 Å². The summed E-state index contributed by atoms with van der Waals surface area (Å²) in [6, 6.07) is 11.0. The highest BCUT2D eigenvalue weighted by Gasteiger charge is 2.14. The van der Waals surface area contributed by atoms with Crippen LogP contribution in [0.1, 0.15) is 11.4 Å². The number of benzene rings is 1. The third-order valence-corrected chi connectivity index (χ3v) is 5.13. The van der Waals surface area contributed by atoms with E-state index in [-0.39, 0.29) is 13.2 Å². The number of nitrogens with one attached hydrogen (secondary N) is 1. The maximum absolute atomic E-state index is 12.0.